The van der Waals surface area contributed by atoms with Crippen LogP contribution in [-0.2, 0) is 19.0 Å². The van der Waals surface area contributed by atoms with Gasteiger partial charge >= 0.3 is 0 Å². The zero-order chi connectivity index (χ0) is 12.1. The quantitative estimate of drug-likeness (QED) is 0.735. The zero-order valence-electron chi connectivity index (χ0n) is 10.4. The maximum absolute atomic E-state index is 12.1. The predicted molar refractivity (Wildman–Crippen MR) is 61.5 cm³/mol. The van der Waals surface area contributed by atoms with Gasteiger partial charge in [0.05, 0.1) is 13.2 Å². The van der Waals surface area contributed by atoms with Gasteiger partial charge in [-0.05, 0) is 26.2 Å². The molecule has 98 valence electrons. The summed E-state index contributed by atoms with van der Waals surface area (Å²) in [6, 6.07) is 0. The molecule has 0 N–H and O–H groups in total. The summed E-state index contributed by atoms with van der Waals surface area (Å²) in [6.07, 6.45) is 2.47. The number of carbonyl (C=O) groups is 1. The molecule has 0 aromatic carbocycles. The Kier molecular flexibility index (Phi) is 4.76. The van der Waals surface area contributed by atoms with Gasteiger partial charge < -0.3 is 19.1 Å². The standard InChI is InChI=1S/C12H21NO4/c1-10(17-11-4-2-3-7-16-11)12(14)13-5-8-15-9-6-13/h10-11H,2-9H2,1H3/t10-,11?/m1/s1. The summed E-state index contributed by atoms with van der Waals surface area (Å²) in [5.74, 6) is 0.0440. The average Bonchev–Trinajstić information content (AvgIpc) is 2.40. The number of morpholine rings is 1. The molecule has 17 heavy (non-hydrogen) atoms. The lowest BCUT2D eigenvalue weighted by atomic mass is 10.2. The minimum absolute atomic E-state index is 0.0440. The van der Waals surface area contributed by atoms with Crippen LogP contribution in [0.4, 0.5) is 0 Å². The van der Waals surface area contributed by atoms with E-state index in [2.05, 4.69) is 0 Å². The molecule has 2 aliphatic rings. The molecule has 2 heterocycles. The van der Waals surface area contributed by atoms with Gasteiger partial charge in [-0.25, -0.2) is 0 Å². The maximum Gasteiger partial charge on any atom is 0.251 e. The van der Waals surface area contributed by atoms with E-state index in [-0.39, 0.29) is 12.2 Å². The first-order valence-electron chi connectivity index (χ1n) is 6.41. The predicted octanol–water partition coefficient (Wildman–Crippen LogP) is 0.777. The summed E-state index contributed by atoms with van der Waals surface area (Å²) in [5.41, 5.74) is 0. The van der Waals surface area contributed by atoms with Crippen molar-refractivity contribution < 1.29 is 19.0 Å². The Morgan fingerprint density at radius 1 is 1.29 bits per heavy atom. The highest BCUT2D eigenvalue weighted by Crippen LogP contribution is 2.16. The van der Waals surface area contributed by atoms with Crippen LogP contribution in [-0.4, -0.2) is 56.1 Å². The Bertz CT molecular complexity index is 247. The molecule has 0 saturated carbocycles. The van der Waals surface area contributed by atoms with Crippen LogP contribution in [0.15, 0.2) is 0 Å². The first kappa shape index (κ1) is 12.8. The number of nitrogens with zero attached hydrogens (tertiary/aromatic N) is 1. The first-order chi connectivity index (χ1) is 8.27. The molecular weight excluding hydrogens is 222 g/mol. The van der Waals surface area contributed by atoms with Gasteiger partial charge in [0.15, 0.2) is 6.29 Å². The van der Waals surface area contributed by atoms with Crippen molar-refractivity contribution in [2.75, 3.05) is 32.9 Å². The second-order valence-electron chi connectivity index (χ2n) is 4.51. The lowest BCUT2D eigenvalue weighted by Crippen LogP contribution is -2.46. The molecule has 2 saturated heterocycles. The molecule has 2 aliphatic heterocycles. The fraction of sp³-hybridized carbons (Fsp3) is 0.917. The maximum atomic E-state index is 12.1. The van der Waals surface area contributed by atoms with Crippen molar-refractivity contribution in [3.63, 3.8) is 0 Å². The molecule has 0 bridgehead atoms. The third-order valence-electron chi connectivity index (χ3n) is 3.16. The van der Waals surface area contributed by atoms with E-state index in [4.69, 9.17) is 14.2 Å². The second kappa shape index (κ2) is 6.33. The van der Waals surface area contributed by atoms with Gasteiger partial charge in [0.2, 0.25) is 0 Å². The van der Waals surface area contributed by atoms with E-state index in [1.807, 2.05) is 0 Å². The zero-order valence-corrected chi connectivity index (χ0v) is 10.4. The highest BCUT2D eigenvalue weighted by Gasteiger charge is 2.26. The summed E-state index contributed by atoms with van der Waals surface area (Å²) in [7, 11) is 0. The lowest BCUT2D eigenvalue weighted by Gasteiger charge is -2.31. The van der Waals surface area contributed by atoms with E-state index in [1.165, 1.54) is 0 Å². The van der Waals surface area contributed by atoms with Gasteiger partial charge in [-0.1, -0.05) is 0 Å². The first-order valence-corrected chi connectivity index (χ1v) is 6.41. The minimum Gasteiger partial charge on any atom is -0.378 e. The van der Waals surface area contributed by atoms with Crippen molar-refractivity contribution in [3.8, 4) is 0 Å². The summed E-state index contributed by atoms with van der Waals surface area (Å²) < 4.78 is 16.3. The molecule has 5 nitrogen and oxygen atoms in total. The topological polar surface area (TPSA) is 48.0 Å². The molecule has 0 spiro atoms. The van der Waals surface area contributed by atoms with Crippen molar-refractivity contribution in [1.82, 2.24) is 4.90 Å². The van der Waals surface area contributed by atoms with Crippen molar-refractivity contribution in [3.05, 3.63) is 0 Å². The Labute approximate surface area is 102 Å². The number of ether oxygens (including phenoxy) is 3. The fourth-order valence-electron chi connectivity index (χ4n) is 2.15. The number of carbonyl (C=O) groups excluding carboxylic acids is 1. The van der Waals surface area contributed by atoms with Crippen LogP contribution < -0.4 is 0 Å². The molecule has 1 amide bonds. The van der Waals surface area contributed by atoms with Gasteiger partial charge in [0.25, 0.3) is 5.91 Å². The van der Waals surface area contributed by atoms with E-state index in [0.717, 1.165) is 25.9 Å². The SMILES string of the molecule is C[C@@H](OC1CCCCO1)C(=O)N1CCOCC1. The smallest absolute Gasteiger partial charge is 0.251 e. The van der Waals surface area contributed by atoms with Gasteiger partial charge in [0.1, 0.15) is 6.10 Å². The van der Waals surface area contributed by atoms with Crippen LogP contribution in [0.5, 0.6) is 0 Å². The van der Waals surface area contributed by atoms with Crippen molar-refractivity contribution in [2.24, 2.45) is 0 Å². The summed E-state index contributed by atoms with van der Waals surface area (Å²) in [6.45, 7) is 5.12. The Hall–Kier alpha value is -0.650. The van der Waals surface area contributed by atoms with Crippen LogP contribution >= 0.6 is 0 Å². The Morgan fingerprint density at radius 2 is 2.06 bits per heavy atom. The number of hydrogen-bond donors (Lipinski definition) is 0. The fourth-order valence-corrected chi connectivity index (χ4v) is 2.15. The average molecular weight is 243 g/mol. The van der Waals surface area contributed by atoms with Crippen LogP contribution in [0.1, 0.15) is 26.2 Å². The third kappa shape index (κ3) is 3.66. The van der Waals surface area contributed by atoms with Crippen molar-refractivity contribution >= 4 is 5.91 Å². The van der Waals surface area contributed by atoms with Gasteiger partial charge in [-0.15, -0.1) is 0 Å². The van der Waals surface area contributed by atoms with Crippen LogP contribution in [0.2, 0.25) is 0 Å². The molecular formula is C12H21NO4. The highest BCUT2D eigenvalue weighted by molar-refractivity contribution is 5.80. The summed E-state index contributed by atoms with van der Waals surface area (Å²) in [5, 5.41) is 0. The van der Waals surface area contributed by atoms with E-state index < -0.39 is 6.10 Å². The normalized spacial score (nSPS) is 27.8. The molecule has 0 aromatic heterocycles. The third-order valence-corrected chi connectivity index (χ3v) is 3.16. The number of amides is 1. The van der Waals surface area contributed by atoms with Gasteiger partial charge in [-0.2, -0.15) is 0 Å². The van der Waals surface area contributed by atoms with E-state index >= 15 is 0 Å². The molecule has 1 unspecified atom stereocenters. The van der Waals surface area contributed by atoms with Gasteiger partial charge in [-0.3, -0.25) is 4.79 Å². The van der Waals surface area contributed by atoms with Crippen LogP contribution in [0.25, 0.3) is 0 Å². The lowest BCUT2D eigenvalue weighted by molar-refractivity contribution is -0.195. The monoisotopic (exact) mass is 243 g/mol. The summed E-state index contributed by atoms with van der Waals surface area (Å²) in [4.78, 5) is 13.9. The molecule has 2 rings (SSSR count). The number of rotatable bonds is 3. The van der Waals surface area contributed by atoms with E-state index in [0.29, 0.717) is 26.3 Å². The van der Waals surface area contributed by atoms with E-state index in [9.17, 15) is 4.79 Å². The van der Waals surface area contributed by atoms with Crippen LogP contribution in [0.3, 0.4) is 0 Å². The molecule has 0 aromatic rings. The Morgan fingerprint density at radius 3 is 2.71 bits per heavy atom. The van der Waals surface area contributed by atoms with Crippen LogP contribution in [0, 0.1) is 0 Å². The molecule has 0 aliphatic carbocycles. The second-order valence-corrected chi connectivity index (χ2v) is 4.51. The molecule has 5 heteroatoms. The largest absolute Gasteiger partial charge is 0.378 e. The van der Waals surface area contributed by atoms with Crippen molar-refractivity contribution in [2.45, 2.75) is 38.6 Å². The molecule has 2 atom stereocenters. The Balaban J connectivity index is 1.77. The minimum atomic E-state index is -0.420. The number of hydrogen-bond acceptors (Lipinski definition) is 4. The highest BCUT2D eigenvalue weighted by atomic mass is 16.7. The van der Waals surface area contributed by atoms with Gasteiger partial charge in [0, 0.05) is 19.7 Å². The molecule has 2 fully saturated rings. The van der Waals surface area contributed by atoms with Crippen molar-refractivity contribution in [1.29, 1.82) is 0 Å². The van der Waals surface area contributed by atoms with E-state index in [1.54, 1.807) is 11.8 Å². The molecule has 0 radical (unpaired) electrons. The summed E-state index contributed by atoms with van der Waals surface area (Å²) >= 11 is 0.